The van der Waals surface area contributed by atoms with Crippen LogP contribution < -0.4 is 15.2 Å². The number of para-hydroxylation sites is 1. The molecule has 0 radical (unpaired) electrons. The maximum Gasteiger partial charge on any atom is 0.131 e. The number of ether oxygens (including phenoxy) is 2. The van der Waals surface area contributed by atoms with Gasteiger partial charge in [-0.2, -0.15) is 0 Å². The number of fused-ring (bicyclic) bond motifs is 1. The number of unbranched alkanes of at least 4 members (excludes halogenated alkanes) is 1. The summed E-state index contributed by atoms with van der Waals surface area (Å²) in [6.45, 7) is 5.24. The Morgan fingerprint density at radius 3 is 2.29 bits per heavy atom. The molecule has 1 heterocycles. The van der Waals surface area contributed by atoms with E-state index in [9.17, 15) is 0 Å². The molecule has 0 aliphatic heterocycles. The molecule has 0 saturated heterocycles. The van der Waals surface area contributed by atoms with Gasteiger partial charge in [0.15, 0.2) is 0 Å². The first-order chi connectivity index (χ1) is 13.7. The molecule has 0 saturated carbocycles. The highest BCUT2D eigenvalue weighted by atomic mass is 16.5. The fourth-order valence-corrected chi connectivity index (χ4v) is 3.94. The molecule has 0 bridgehead atoms. The van der Waals surface area contributed by atoms with Gasteiger partial charge in [-0.05, 0) is 61.4 Å². The lowest BCUT2D eigenvalue weighted by Gasteiger charge is -2.14. The predicted molar refractivity (Wildman–Crippen MR) is 118 cm³/mol. The summed E-state index contributed by atoms with van der Waals surface area (Å²) in [7, 11) is 3.42. The number of nitrogens with two attached hydrogens (primary N) is 1. The first-order valence-corrected chi connectivity index (χ1v) is 10.2. The van der Waals surface area contributed by atoms with E-state index >= 15 is 0 Å². The summed E-state index contributed by atoms with van der Waals surface area (Å²) in [5.74, 6) is 2.12. The molecule has 150 valence electrons. The minimum atomic E-state index is 0.492. The Morgan fingerprint density at radius 1 is 1.00 bits per heavy atom. The van der Waals surface area contributed by atoms with Crippen molar-refractivity contribution in [3.8, 4) is 22.8 Å². The zero-order chi connectivity index (χ0) is 20.1. The number of aromatic nitrogens is 1. The maximum absolute atomic E-state index is 5.76. The molecular weight excluding hydrogens is 348 g/mol. The van der Waals surface area contributed by atoms with Gasteiger partial charge in [-0.1, -0.05) is 38.1 Å². The molecule has 0 aliphatic rings. The van der Waals surface area contributed by atoms with E-state index in [2.05, 4.69) is 37.0 Å². The van der Waals surface area contributed by atoms with Gasteiger partial charge in [0, 0.05) is 10.9 Å². The molecular formula is C24H32N2O2. The summed E-state index contributed by atoms with van der Waals surface area (Å²) in [5.41, 5.74) is 11.7. The third-order valence-electron chi connectivity index (χ3n) is 5.68. The number of rotatable bonds is 9. The minimum absolute atomic E-state index is 0.492. The number of aryl methyl sites for hydroxylation is 1. The molecule has 3 N–H and O–H groups in total. The van der Waals surface area contributed by atoms with Crippen LogP contribution in [0.3, 0.4) is 0 Å². The molecule has 3 rings (SSSR count). The van der Waals surface area contributed by atoms with Crippen LogP contribution in [0.2, 0.25) is 0 Å². The summed E-state index contributed by atoms with van der Waals surface area (Å²) in [6, 6.07) is 12.6. The monoisotopic (exact) mass is 380 g/mol. The molecule has 0 fully saturated rings. The van der Waals surface area contributed by atoms with Crippen LogP contribution >= 0.6 is 0 Å². The number of hydrogen-bond donors (Lipinski definition) is 2. The average Bonchev–Trinajstić information content (AvgIpc) is 3.10. The van der Waals surface area contributed by atoms with Crippen LogP contribution in [-0.2, 0) is 6.42 Å². The Morgan fingerprint density at radius 2 is 1.68 bits per heavy atom. The molecule has 4 heteroatoms. The van der Waals surface area contributed by atoms with Crippen LogP contribution in [0.4, 0.5) is 0 Å². The third-order valence-corrected chi connectivity index (χ3v) is 5.68. The summed E-state index contributed by atoms with van der Waals surface area (Å²) in [4.78, 5) is 3.75. The summed E-state index contributed by atoms with van der Waals surface area (Å²) in [6.07, 6.45) is 4.15. The van der Waals surface area contributed by atoms with Crippen LogP contribution in [0.25, 0.3) is 22.2 Å². The Labute approximate surface area is 168 Å². The first-order valence-electron chi connectivity index (χ1n) is 10.2. The van der Waals surface area contributed by atoms with E-state index in [1.54, 1.807) is 14.2 Å². The lowest BCUT2D eigenvalue weighted by Crippen LogP contribution is -2.00. The number of benzene rings is 2. The normalized spacial score (nSPS) is 12.3. The van der Waals surface area contributed by atoms with Gasteiger partial charge in [0.1, 0.15) is 11.5 Å². The molecule has 1 aromatic heterocycles. The largest absolute Gasteiger partial charge is 0.496 e. The van der Waals surface area contributed by atoms with Gasteiger partial charge in [0.25, 0.3) is 0 Å². The van der Waals surface area contributed by atoms with Crippen molar-refractivity contribution < 1.29 is 9.47 Å². The van der Waals surface area contributed by atoms with Gasteiger partial charge < -0.3 is 20.2 Å². The average molecular weight is 381 g/mol. The molecule has 0 aliphatic carbocycles. The van der Waals surface area contributed by atoms with Crippen molar-refractivity contribution in [1.82, 2.24) is 4.98 Å². The van der Waals surface area contributed by atoms with Crippen molar-refractivity contribution in [3.63, 3.8) is 0 Å². The maximum atomic E-state index is 5.76. The third kappa shape index (κ3) is 3.74. The Balaban J connectivity index is 2.28. The molecule has 1 atom stereocenters. The van der Waals surface area contributed by atoms with Gasteiger partial charge >= 0.3 is 0 Å². The molecule has 4 nitrogen and oxygen atoms in total. The van der Waals surface area contributed by atoms with Gasteiger partial charge in [-0.3, -0.25) is 0 Å². The molecule has 0 spiro atoms. The van der Waals surface area contributed by atoms with E-state index in [0.29, 0.717) is 12.5 Å². The summed E-state index contributed by atoms with van der Waals surface area (Å²) in [5, 5.41) is 1.29. The predicted octanol–water partition coefficient (Wildman–Crippen LogP) is 5.65. The zero-order valence-corrected chi connectivity index (χ0v) is 17.5. The smallest absolute Gasteiger partial charge is 0.131 e. The second-order valence-electron chi connectivity index (χ2n) is 7.34. The van der Waals surface area contributed by atoms with Crippen LogP contribution in [0.15, 0.2) is 36.4 Å². The Bertz CT molecular complexity index is 907. The zero-order valence-electron chi connectivity index (χ0n) is 17.5. The van der Waals surface area contributed by atoms with Crippen molar-refractivity contribution in [2.75, 3.05) is 20.8 Å². The van der Waals surface area contributed by atoms with E-state index in [0.717, 1.165) is 48.4 Å². The fraction of sp³-hybridized carbons (Fsp3) is 0.417. The molecule has 28 heavy (non-hydrogen) atoms. The SMILES string of the molecule is CCC(C)c1cccc2c(CCCCN)c(-c3c(OC)cccc3OC)[nH]c12. The van der Waals surface area contributed by atoms with E-state index in [1.165, 1.54) is 22.0 Å². The lowest BCUT2D eigenvalue weighted by molar-refractivity contribution is 0.397. The van der Waals surface area contributed by atoms with Crippen molar-refractivity contribution in [3.05, 3.63) is 47.5 Å². The standard InChI is InChI=1S/C24H32N2O2/c1-5-16(2)17-11-8-12-18-19(10-6-7-15-25)24(26-23(17)18)22-20(27-3)13-9-14-21(22)28-4/h8-9,11-14,16,26H,5-7,10,15,25H2,1-4H3. The molecule has 0 amide bonds. The van der Waals surface area contributed by atoms with E-state index in [1.807, 2.05) is 18.2 Å². The van der Waals surface area contributed by atoms with Gasteiger partial charge in [0.2, 0.25) is 0 Å². The second kappa shape index (κ2) is 9.16. The lowest BCUT2D eigenvalue weighted by atomic mass is 9.94. The second-order valence-corrected chi connectivity index (χ2v) is 7.34. The van der Waals surface area contributed by atoms with E-state index in [4.69, 9.17) is 15.2 Å². The van der Waals surface area contributed by atoms with Crippen LogP contribution in [-0.4, -0.2) is 25.7 Å². The minimum Gasteiger partial charge on any atom is -0.496 e. The highest BCUT2D eigenvalue weighted by Gasteiger charge is 2.22. The highest BCUT2D eigenvalue weighted by Crippen LogP contribution is 2.43. The first kappa shape index (κ1) is 20.3. The summed E-state index contributed by atoms with van der Waals surface area (Å²) < 4.78 is 11.4. The van der Waals surface area contributed by atoms with Crippen LogP contribution in [0.5, 0.6) is 11.5 Å². The number of methoxy groups -OCH3 is 2. The molecule has 1 unspecified atom stereocenters. The van der Waals surface area contributed by atoms with Crippen LogP contribution in [0, 0.1) is 0 Å². The molecule has 2 aromatic carbocycles. The van der Waals surface area contributed by atoms with Gasteiger partial charge in [-0.15, -0.1) is 0 Å². The van der Waals surface area contributed by atoms with Crippen molar-refractivity contribution >= 4 is 10.9 Å². The highest BCUT2D eigenvalue weighted by molar-refractivity contribution is 5.95. The van der Waals surface area contributed by atoms with Crippen molar-refractivity contribution in [2.24, 2.45) is 5.73 Å². The Hall–Kier alpha value is -2.46. The number of aromatic amines is 1. The van der Waals surface area contributed by atoms with E-state index < -0.39 is 0 Å². The quantitative estimate of drug-likeness (QED) is 0.472. The fourth-order valence-electron chi connectivity index (χ4n) is 3.94. The van der Waals surface area contributed by atoms with Crippen molar-refractivity contribution in [2.45, 2.75) is 45.4 Å². The van der Waals surface area contributed by atoms with E-state index in [-0.39, 0.29) is 0 Å². The number of H-pyrrole nitrogens is 1. The Kier molecular flexibility index (Phi) is 6.63. The van der Waals surface area contributed by atoms with Crippen molar-refractivity contribution in [1.29, 1.82) is 0 Å². The summed E-state index contributed by atoms with van der Waals surface area (Å²) >= 11 is 0. The van der Waals surface area contributed by atoms with Gasteiger partial charge in [0.05, 0.1) is 25.5 Å². The number of hydrogen-bond acceptors (Lipinski definition) is 3. The van der Waals surface area contributed by atoms with Gasteiger partial charge in [-0.25, -0.2) is 0 Å². The topological polar surface area (TPSA) is 60.3 Å². The number of nitrogens with one attached hydrogen (secondary N) is 1. The molecule has 3 aromatic rings. The van der Waals surface area contributed by atoms with Crippen LogP contribution in [0.1, 0.15) is 50.2 Å².